The van der Waals surface area contributed by atoms with E-state index in [0.717, 1.165) is 48.3 Å². The molecule has 2 heterocycles. The fraction of sp³-hybridized carbons (Fsp3) is 0.333. The number of nitrogens with one attached hydrogen (secondary N) is 1. The Hall–Kier alpha value is -3.37. The molecule has 182 valence electrons. The predicted molar refractivity (Wildman–Crippen MR) is 125 cm³/mol. The molecule has 2 aromatic carbocycles. The SMILES string of the molecule is NCC(O)CNc1cc(N2CCCc3ccccc3C2)nc2ccccc12.O=C(O)C(F)(F)F. The van der Waals surface area contributed by atoms with E-state index in [1.54, 1.807) is 0 Å². The Bertz CT molecular complexity index is 1120. The van der Waals surface area contributed by atoms with Gasteiger partial charge in [-0.3, -0.25) is 0 Å². The molecular formula is C24H27F3N4O3. The number of carbonyl (C=O) groups is 1. The summed E-state index contributed by atoms with van der Waals surface area (Å²) in [6.45, 7) is 2.51. The molecule has 34 heavy (non-hydrogen) atoms. The van der Waals surface area contributed by atoms with Crippen LogP contribution in [0.25, 0.3) is 10.9 Å². The number of para-hydroxylation sites is 1. The number of aliphatic hydroxyl groups excluding tert-OH is 1. The largest absolute Gasteiger partial charge is 0.490 e. The molecule has 0 aliphatic carbocycles. The summed E-state index contributed by atoms with van der Waals surface area (Å²) in [6, 6.07) is 18.9. The molecule has 1 aliphatic rings. The van der Waals surface area contributed by atoms with Crippen molar-refractivity contribution in [3.05, 3.63) is 65.7 Å². The minimum Gasteiger partial charge on any atom is -0.475 e. The van der Waals surface area contributed by atoms with Gasteiger partial charge in [-0.2, -0.15) is 13.2 Å². The van der Waals surface area contributed by atoms with E-state index in [-0.39, 0.29) is 6.54 Å². The summed E-state index contributed by atoms with van der Waals surface area (Å²) >= 11 is 0. The highest BCUT2D eigenvalue weighted by atomic mass is 19.4. The Morgan fingerprint density at radius 1 is 1.15 bits per heavy atom. The summed E-state index contributed by atoms with van der Waals surface area (Å²) in [7, 11) is 0. The van der Waals surface area contributed by atoms with Crippen molar-refractivity contribution >= 4 is 28.4 Å². The Morgan fingerprint density at radius 3 is 2.47 bits per heavy atom. The third-order valence-corrected chi connectivity index (χ3v) is 5.42. The Kier molecular flexibility index (Phi) is 8.30. The van der Waals surface area contributed by atoms with Crippen molar-refractivity contribution in [3.8, 4) is 0 Å². The van der Waals surface area contributed by atoms with Crippen LogP contribution in [0.3, 0.4) is 0 Å². The number of carboxylic acids is 1. The first kappa shape index (κ1) is 25.3. The number of pyridine rings is 1. The minimum absolute atomic E-state index is 0.242. The molecule has 1 aromatic heterocycles. The number of halogens is 3. The van der Waals surface area contributed by atoms with Crippen molar-refractivity contribution in [1.29, 1.82) is 0 Å². The molecule has 0 amide bonds. The predicted octanol–water partition coefficient (Wildman–Crippen LogP) is 3.55. The maximum atomic E-state index is 10.6. The number of alkyl halides is 3. The van der Waals surface area contributed by atoms with Gasteiger partial charge in [-0.25, -0.2) is 9.78 Å². The van der Waals surface area contributed by atoms with Crippen LogP contribution in [0.1, 0.15) is 17.5 Å². The topological polar surface area (TPSA) is 112 Å². The number of aliphatic carboxylic acids is 1. The molecule has 1 aliphatic heterocycles. The van der Waals surface area contributed by atoms with Crippen LogP contribution in [0.5, 0.6) is 0 Å². The highest BCUT2D eigenvalue weighted by Gasteiger charge is 2.38. The van der Waals surface area contributed by atoms with E-state index in [1.807, 2.05) is 18.2 Å². The van der Waals surface area contributed by atoms with Crippen LogP contribution < -0.4 is 16.0 Å². The van der Waals surface area contributed by atoms with E-state index in [2.05, 4.69) is 46.6 Å². The van der Waals surface area contributed by atoms with Crippen LogP contribution in [0.15, 0.2) is 54.6 Å². The van der Waals surface area contributed by atoms with Gasteiger partial charge in [0.2, 0.25) is 0 Å². The molecule has 4 rings (SSSR count). The van der Waals surface area contributed by atoms with Gasteiger partial charge in [0.25, 0.3) is 0 Å². The molecule has 1 atom stereocenters. The molecule has 0 spiro atoms. The number of nitrogens with zero attached hydrogens (tertiary/aromatic N) is 2. The Labute approximate surface area is 195 Å². The van der Waals surface area contributed by atoms with Gasteiger partial charge in [-0.05, 0) is 30.0 Å². The summed E-state index contributed by atoms with van der Waals surface area (Å²) in [5.41, 5.74) is 10.3. The number of hydrogen-bond donors (Lipinski definition) is 4. The molecule has 1 unspecified atom stereocenters. The van der Waals surface area contributed by atoms with Gasteiger partial charge in [-0.15, -0.1) is 0 Å². The summed E-state index contributed by atoms with van der Waals surface area (Å²) in [4.78, 5) is 16.2. The standard InChI is InChI=1S/C22H26N4O.C2HF3O2/c23-13-18(27)14-24-21-12-22(25-20-10-4-3-9-19(20)21)26-11-5-8-16-6-1-2-7-17(16)15-26;3-2(4,5)1(6)7/h1-4,6-7,9-10,12,18,27H,5,8,11,13-15,23H2,(H,24,25);(H,6,7). The van der Waals surface area contributed by atoms with Crippen molar-refractivity contribution < 1.29 is 28.2 Å². The quantitative estimate of drug-likeness (QED) is 0.446. The number of nitrogens with two attached hydrogens (primary N) is 1. The number of aryl methyl sites for hydroxylation is 1. The van der Waals surface area contributed by atoms with Gasteiger partial charge in [0.05, 0.1) is 11.6 Å². The first-order chi connectivity index (χ1) is 16.2. The zero-order valence-electron chi connectivity index (χ0n) is 18.4. The lowest BCUT2D eigenvalue weighted by Gasteiger charge is -2.24. The minimum atomic E-state index is -5.08. The second kappa shape index (κ2) is 11.2. The zero-order chi connectivity index (χ0) is 24.7. The van der Waals surface area contributed by atoms with E-state index in [0.29, 0.717) is 6.54 Å². The number of rotatable bonds is 5. The van der Waals surface area contributed by atoms with E-state index in [9.17, 15) is 18.3 Å². The lowest BCUT2D eigenvalue weighted by atomic mass is 10.0. The van der Waals surface area contributed by atoms with Gasteiger partial charge < -0.3 is 26.2 Å². The Morgan fingerprint density at radius 2 is 1.79 bits per heavy atom. The molecule has 0 saturated carbocycles. The van der Waals surface area contributed by atoms with Crippen molar-refractivity contribution in [2.24, 2.45) is 5.73 Å². The molecule has 0 radical (unpaired) electrons. The summed E-state index contributed by atoms with van der Waals surface area (Å²) in [6.07, 6.45) is -3.43. The van der Waals surface area contributed by atoms with Crippen molar-refractivity contribution in [2.75, 3.05) is 29.9 Å². The fourth-order valence-corrected chi connectivity index (χ4v) is 3.68. The molecule has 7 nitrogen and oxygen atoms in total. The molecule has 3 aromatic rings. The van der Waals surface area contributed by atoms with Crippen LogP contribution >= 0.6 is 0 Å². The maximum absolute atomic E-state index is 10.6. The van der Waals surface area contributed by atoms with Crippen molar-refractivity contribution in [1.82, 2.24) is 4.98 Å². The van der Waals surface area contributed by atoms with Crippen LogP contribution in [0, 0.1) is 0 Å². The lowest BCUT2D eigenvalue weighted by molar-refractivity contribution is -0.192. The summed E-state index contributed by atoms with van der Waals surface area (Å²) in [5, 5.41) is 21.4. The van der Waals surface area contributed by atoms with Gasteiger partial charge in [0.15, 0.2) is 0 Å². The van der Waals surface area contributed by atoms with Crippen molar-refractivity contribution in [3.63, 3.8) is 0 Å². The maximum Gasteiger partial charge on any atom is 0.490 e. The first-order valence-electron chi connectivity index (χ1n) is 10.8. The van der Waals surface area contributed by atoms with E-state index >= 15 is 0 Å². The molecular weight excluding hydrogens is 449 g/mol. The molecule has 0 fully saturated rings. The van der Waals surface area contributed by atoms with Crippen LogP contribution in [-0.4, -0.2) is 53.1 Å². The highest BCUT2D eigenvalue weighted by Crippen LogP contribution is 2.29. The smallest absolute Gasteiger partial charge is 0.475 e. The Balaban J connectivity index is 0.000000406. The average molecular weight is 476 g/mol. The van der Waals surface area contributed by atoms with Crippen molar-refractivity contribution in [2.45, 2.75) is 31.7 Å². The lowest BCUT2D eigenvalue weighted by Crippen LogP contribution is -2.28. The molecule has 0 saturated heterocycles. The number of benzene rings is 2. The zero-order valence-corrected chi connectivity index (χ0v) is 18.4. The molecule has 5 N–H and O–H groups in total. The van der Waals surface area contributed by atoms with E-state index < -0.39 is 18.2 Å². The second-order valence-corrected chi connectivity index (χ2v) is 7.91. The molecule has 0 bridgehead atoms. The average Bonchev–Trinajstić information content (AvgIpc) is 3.04. The van der Waals surface area contributed by atoms with E-state index in [4.69, 9.17) is 20.6 Å². The summed E-state index contributed by atoms with van der Waals surface area (Å²) < 4.78 is 31.7. The number of carboxylic acid groups (broad SMARTS) is 1. The normalized spacial score (nSPS) is 14.4. The van der Waals surface area contributed by atoms with E-state index in [1.165, 1.54) is 11.1 Å². The second-order valence-electron chi connectivity index (χ2n) is 7.91. The number of anilines is 2. The number of aliphatic hydroxyl groups is 1. The van der Waals surface area contributed by atoms with Crippen LogP contribution in [0.2, 0.25) is 0 Å². The number of hydrogen-bond acceptors (Lipinski definition) is 6. The monoisotopic (exact) mass is 476 g/mol. The van der Waals surface area contributed by atoms with Crippen LogP contribution in [0.4, 0.5) is 24.7 Å². The fourth-order valence-electron chi connectivity index (χ4n) is 3.68. The van der Waals surface area contributed by atoms with Gasteiger partial charge >= 0.3 is 12.1 Å². The van der Waals surface area contributed by atoms with Gasteiger partial charge in [0, 0.05) is 43.3 Å². The number of aromatic nitrogens is 1. The van der Waals surface area contributed by atoms with Gasteiger partial charge in [-0.1, -0.05) is 42.5 Å². The highest BCUT2D eigenvalue weighted by molar-refractivity contribution is 5.93. The molecule has 10 heteroatoms. The first-order valence-corrected chi connectivity index (χ1v) is 10.8. The summed E-state index contributed by atoms with van der Waals surface area (Å²) in [5.74, 6) is -1.79. The third kappa shape index (κ3) is 6.58. The number of fused-ring (bicyclic) bond motifs is 2. The van der Waals surface area contributed by atoms with Crippen LogP contribution in [-0.2, 0) is 17.8 Å². The van der Waals surface area contributed by atoms with Gasteiger partial charge in [0.1, 0.15) is 5.82 Å². The third-order valence-electron chi connectivity index (χ3n) is 5.42.